The SMILES string of the molecule is CN(C(=O)NC1(C(=O)O)CCOCC1)c1cccc(F)c1. The highest BCUT2D eigenvalue weighted by atomic mass is 19.1. The van der Waals surface area contributed by atoms with Crippen molar-refractivity contribution in [2.75, 3.05) is 25.2 Å². The van der Waals surface area contributed by atoms with E-state index >= 15 is 0 Å². The number of nitrogens with one attached hydrogen (secondary N) is 1. The van der Waals surface area contributed by atoms with Crippen LogP contribution in [0.3, 0.4) is 0 Å². The van der Waals surface area contributed by atoms with E-state index in [1.807, 2.05) is 0 Å². The summed E-state index contributed by atoms with van der Waals surface area (Å²) in [4.78, 5) is 24.9. The Bertz CT molecular complexity index is 544. The molecule has 0 spiro atoms. The van der Waals surface area contributed by atoms with Gasteiger partial charge in [0, 0.05) is 38.8 Å². The molecule has 0 radical (unpaired) electrons. The minimum atomic E-state index is -1.34. The Balaban J connectivity index is 2.13. The average Bonchev–Trinajstić information content (AvgIpc) is 2.47. The zero-order valence-electron chi connectivity index (χ0n) is 11.6. The molecular formula is C14H17FN2O4. The standard InChI is InChI=1S/C14H17FN2O4/c1-17(11-4-2-3-10(15)9-11)13(20)16-14(12(18)19)5-7-21-8-6-14/h2-4,9H,5-8H2,1H3,(H,16,20)(H,18,19). The number of hydrogen-bond acceptors (Lipinski definition) is 3. The molecule has 0 aliphatic carbocycles. The molecular weight excluding hydrogens is 279 g/mol. The second-order valence-corrected chi connectivity index (χ2v) is 4.97. The van der Waals surface area contributed by atoms with Crippen LogP contribution in [0.15, 0.2) is 24.3 Å². The van der Waals surface area contributed by atoms with E-state index in [-0.39, 0.29) is 26.1 Å². The Labute approximate surface area is 121 Å². The summed E-state index contributed by atoms with van der Waals surface area (Å²) in [5.74, 6) is -1.56. The molecule has 0 saturated carbocycles. The van der Waals surface area contributed by atoms with Crippen LogP contribution >= 0.6 is 0 Å². The monoisotopic (exact) mass is 296 g/mol. The third-order valence-corrected chi connectivity index (χ3v) is 3.60. The lowest BCUT2D eigenvalue weighted by molar-refractivity contribution is -0.148. The lowest BCUT2D eigenvalue weighted by Crippen LogP contribution is -2.59. The number of carboxylic acids is 1. The maximum Gasteiger partial charge on any atom is 0.329 e. The summed E-state index contributed by atoms with van der Waals surface area (Å²) in [5.41, 5.74) is -0.989. The molecule has 1 aromatic carbocycles. The summed E-state index contributed by atoms with van der Waals surface area (Å²) >= 11 is 0. The Morgan fingerprint density at radius 1 is 1.38 bits per heavy atom. The van der Waals surface area contributed by atoms with Gasteiger partial charge in [-0.05, 0) is 18.2 Å². The molecule has 0 unspecified atom stereocenters. The van der Waals surface area contributed by atoms with Crippen LogP contribution in [0, 0.1) is 5.82 Å². The Morgan fingerprint density at radius 2 is 2.05 bits per heavy atom. The number of aliphatic carboxylic acids is 1. The third-order valence-electron chi connectivity index (χ3n) is 3.60. The number of amides is 2. The van der Waals surface area contributed by atoms with Crippen LogP contribution in [0.2, 0.25) is 0 Å². The smallest absolute Gasteiger partial charge is 0.329 e. The van der Waals surface area contributed by atoms with Gasteiger partial charge in [0.25, 0.3) is 0 Å². The number of halogens is 1. The first-order valence-corrected chi connectivity index (χ1v) is 6.57. The Morgan fingerprint density at radius 3 is 2.62 bits per heavy atom. The van der Waals surface area contributed by atoms with Crippen molar-refractivity contribution >= 4 is 17.7 Å². The minimum Gasteiger partial charge on any atom is -0.480 e. The molecule has 2 N–H and O–H groups in total. The van der Waals surface area contributed by atoms with E-state index < -0.39 is 23.4 Å². The minimum absolute atomic E-state index is 0.199. The van der Waals surface area contributed by atoms with E-state index in [0.29, 0.717) is 5.69 Å². The van der Waals surface area contributed by atoms with Gasteiger partial charge in [-0.25, -0.2) is 14.0 Å². The van der Waals surface area contributed by atoms with Crippen molar-refractivity contribution in [1.29, 1.82) is 0 Å². The first kappa shape index (κ1) is 15.2. The predicted octanol–water partition coefficient (Wildman–Crippen LogP) is 1.61. The summed E-state index contributed by atoms with van der Waals surface area (Å²) in [6.07, 6.45) is 0.399. The molecule has 1 aliphatic heterocycles. The molecule has 1 fully saturated rings. The van der Waals surface area contributed by atoms with Gasteiger partial charge < -0.3 is 15.2 Å². The van der Waals surface area contributed by atoms with Gasteiger partial charge in [-0.3, -0.25) is 4.90 Å². The molecule has 0 atom stereocenters. The Kier molecular flexibility index (Phi) is 4.42. The van der Waals surface area contributed by atoms with Crippen LogP contribution < -0.4 is 10.2 Å². The number of anilines is 1. The summed E-state index contributed by atoms with van der Waals surface area (Å²) in [6, 6.07) is 4.93. The number of carbonyl (C=O) groups is 2. The normalized spacial score (nSPS) is 17.0. The molecule has 2 amide bonds. The van der Waals surface area contributed by atoms with E-state index in [0.717, 1.165) is 0 Å². The third kappa shape index (κ3) is 3.30. The van der Waals surface area contributed by atoms with E-state index in [1.54, 1.807) is 6.07 Å². The second-order valence-electron chi connectivity index (χ2n) is 4.97. The highest BCUT2D eigenvalue weighted by molar-refractivity contribution is 5.95. The zero-order chi connectivity index (χ0) is 15.5. The van der Waals surface area contributed by atoms with Crippen molar-refractivity contribution < 1.29 is 23.8 Å². The molecule has 1 aromatic rings. The fourth-order valence-corrected chi connectivity index (χ4v) is 2.20. The summed E-state index contributed by atoms with van der Waals surface area (Å²) in [6.45, 7) is 0.548. The number of hydrogen-bond donors (Lipinski definition) is 2. The molecule has 21 heavy (non-hydrogen) atoms. The molecule has 1 aliphatic rings. The van der Waals surface area contributed by atoms with Gasteiger partial charge in [0.15, 0.2) is 0 Å². The van der Waals surface area contributed by atoms with Crippen molar-refractivity contribution in [2.45, 2.75) is 18.4 Å². The number of carboxylic acid groups (broad SMARTS) is 1. The van der Waals surface area contributed by atoms with Gasteiger partial charge in [-0.15, -0.1) is 0 Å². The van der Waals surface area contributed by atoms with Gasteiger partial charge in [0.1, 0.15) is 11.4 Å². The van der Waals surface area contributed by atoms with Gasteiger partial charge in [-0.2, -0.15) is 0 Å². The highest BCUT2D eigenvalue weighted by Crippen LogP contribution is 2.22. The van der Waals surface area contributed by atoms with Crippen molar-refractivity contribution in [3.8, 4) is 0 Å². The molecule has 1 heterocycles. The molecule has 6 nitrogen and oxygen atoms in total. The van der Waals surface area contributed by atoms with Crippen LogP contribution in [0.25, 0.3) is 0 Å². The largest absolute Gasteiger partial charge is 0.480 e. The maximum atomic E-state index is 13.2. The van der Waals surface area contributed by atoms with Crippen molar-refractivity contribution in [3.05, 3.63) is 30.1 Å². The first-order chi connectivity index (χ1) is 9.94. The zero-order valence-corrected chi connectivity index (χ0v) is 11.6. The van der Waals surface area contributed by atoms with Gasteiger partial charge in [0.05, 0.1) is 0 Å². The van der Waals surface area contributed by atoms with Crippen molar-refractivity contribution in [1.82, 2.24) is 5.32 Å². The van der Waals surface area contributed by atoms with Crippen molar-refractivity contribution in [3.63, 3.8) is 0 Å². The summed E-state index contributed by atoms with van der Waals surface area (Å²) in [5, 5.41) is 11.9. The molecule has 7 heteroatoms. The summed E-state index contributed by atoms with van der Waals surface area (Å²) < 4.78 is 18.3. The van der Waals surface area contributed by atoms with Crippen LogP contribution in [-0.2, 0) is 9.53 Å². The molecule has 1 saturated heterocycles. The molecule has 0 bridgehead atoms. The number of ether oxygens (including phenoxy) is 1. The molecule has 114 valence electrons. The maximum absolute atomic E-state index is 13.2. The second kappa shape index (κ2) is 6.09. The van der Waals surface area contributed by atoms with Crippen LogP contribution in [0.1, 0.15) is 12.8 Å². The fraction of sp³-hybridized carbons (Fsp3) is 0.429. The quantitative estimate of drug-likeness (QED) is 0.888. The van der Waals surface area contributed by atoms with E-state index in [1.165, 1.54) is 30.1 Å². The van der Waals surface area contributed by atoms with Crippen LogP contribution in [-0.4, -0.2) is 42.9 Å². The average molecular weight is 296 g/mol. The number of benzene rings is 1. The molecule has 0 aromatic heterocycles. The van der Waals surface area contributed by atoms with Crippen LogP contribution in [0.4, 0.5) is 14.9 Å². The Hall–Kier alpha value is -2.15. The predicted molar refractivity (Wildman–Crippen MR) is 73.8 cm³/mol. The number of rotatable bonds is 3. The number of carbonyl (C=O) groups excluding carboxylic acids is 1. The van der Waals surface area contributed by atoms with E-state index in [4.69, 9.17) is 4.74 Å². The lowest BCUT2D eigenvalue weighted by Gasteiger charge is -2.35. The number of nitrogens with zero attached hydrogens (tertiary/aromatic N) is 1. The highest BCUT2D eigenvalue weighted by Gasteiger charge is 2.42. The number of urea groups is 1. The van der Waals surface area contributed by atoms with Crippen molar-refractivity contribution in [2.24, 2.45) is 0 Å². The first-order valence-electron chi connectivity index (χ1n) is 6.57. The fourth-order valence-electron chi connectivity index (χ4n) is 2.20. The topological polar surface area (TPSA) is 78.9 Å². The van der Waals surface area contributed by atoms with Gasteiger partial charge in [-0.1, -0.05) is 6.07 Å². The van der Waals surface area contributed by atoms with E-state index in [2.05, 4.69) is 5.32 Å². The van der Waals surface area contributed by atoms with Crippen LogP contribution in [0.5, 0.6) is 0 Å². The summed E-state index contributed by atoms with van der Waals surface area (Å²) in [7, 11) is 1.46. The molecule has 2 rings (SSSR count). The van der Waals surface area contributed by atoms with Gasteiger partial charge in [0.2, 0.25) is 0 Å². The lowest BCUT2D eigenvalue weighted by atomic mass is 9.90. The van der Waals surface area contributed by atoms with Gasteiger partial charge >= 0.3 is 12.0 Å². The van der Waals surface area contributed by atoms with E-state index in [9.17, 15) is 19.1 Å².